The van der Waals surface area contributed by atoms with Gasteiger partial charge in [-0.3, -0.25) is 0 Å². The highest BCUT2D eigenvalue weighted by Gasteiger charge is 2.07. The van der Waals surface area contributed by atoms with Gasteiger partial charge >= 0.3 is 0 Å². The zero-order valence-electron chi connectivity index (χ0n) is 9.33. The Hall–Kier alpha value is -0.620. The van der Waals surface area contributed by atoms with Crippen molar-refractivity contribution >= 4 is 31.6 Å². The Kier molecular flexibility index (Phi) is 4.73. The molecule has 0 aliphatic heterocycles. The van der Waals surface area contributed by atoms with Crippen molar-refractivity contribution in [2.75, 3.05) is 23.4 Å². The summed E-state index contributed by atoms with van der Waals surface area (Å²) in [5.41, 5.74) is 0.989. The first-order valence-corrected chi connectivity index (χ1v) is 7.62. The fourth-order valence-electron chi connectivity index (χ4n) is 1.19. The van der Waals surface area contributed by atoms with E-state index in [-0.39, 0.29) is 11.5 Å². The van der Waals surface area contributed by atoms with E-state index in [1.54, 1.807) is 13.1 Å². The molecule has 1 rings (SSSR count). The molecule has 0 bridgehead atoms. The predicted molar refractivity (Wildman–Crippen MR) is 69.5 cm³/mol. The molecule has 1 N–H and O–H groups in total. The van der Waals surface area contributed by atoms with Crippen LogP contribution >= 0.6 is 15.9 Å². The summed E-state index contributed by atoms with van der Waals surface area (Å²) in [6, 6.07) is 1.93. The van der Waals surface area contributed by atoms with E-state index in [4.69, 9.17) is 0 Å². The van der Waals surface area contributed by atoms with Gasteiger partial charge in [0, 0.05) is 23.0 Å². The zero-order chi connectivity index (χ0) is 12.2. The minimum atomic E-state index is -2.91. The number of hydrogen-bond donors (Lipinski definition) is 1. The van der Waals surface area contributed by atoms with Gasteiger partial charge in [0.15, 0.2) is 9.84 Å². The fourth-order valence-corrected chi connectivity index (χ4v) is 2.34. The lowest BCUT2D eigenvalue weighted by molar-refractivity contribution is 0.597. The van der Waals surface area contributed by atoms with E-state index in [1.807, 2.05) is 13.0 Å². The molecule has 90 valence electrons. The average Bonchev–Trinajstić information content (AvgIpc) is 2.21. The lowest BCUT2D eigenvalue weighted by Gasteiger charge is -2.08. The van der Waals surface area contributed by atoms with Crippen molar-refractivity contribution in [3.8, 4) is 0 Å². The van der Waals surface area contributed by atoms with Gasteiger partial charge < -0.3 is 5.32 Å². The number of rotatable bonds is 5. The Morgan fingerprint density at radius 2 is 2.19 bits per heavy atom. The number of nitrogens with zero attached hydrogens (tertiary/aromatic N) is 1. The Labute approximate surface area is 105 Å². The summed E-state index contributed by atoms with van der Waals surface area (Å²) >= 11 is 3.32. The number of aromatic nitrogens is 1. The summed E-state index contributed by atoms with van der Waals surface area (Å²) in [6.45, 7) is 3.97. The molecule has 0 fully saturated rings. The van der Waals surface area contributed by atoms with Crippen molar-refractivity contribution in [2.45, 2.75) is 13.8 Å². The van der Waals surface area contributed by atoms with Crippen LogP contribution < -0.4 is 5.32 Å². The van der Waals surface area contributed by atoms with Gasteiger partial charge in [-0.25, -0.2) is 13.4 Å². The smallest absolute Gasteiger partial charge is 0.151 e. The van der Waals surface area contributed by atoms with Crippen molar-refractivity contribution in [1.29, 1.82) is 0 Å². The molecule has 0 atom stereocenters. The fraction of sp³-hybridized carbons (Fsp3) is 0.500. The summed E-state index contributed by atoms with van der Waals surface area (Å²) in [5.74, 6) is 1.05. The topological polar surface area (TPSA) is 59.1 Å². The zero-order valence-corrected chi connectivity index (χ0v) is 11.7. The van der Waals surface area contributed by atoms with Gasteiger partial charge in [-0.2, -0.15) is 0 Å². The highest BCUT2D eigenvalue weighted by molar-refractivity contribution is 9.10. The predicted octanol–water partition coefficient (Wildman–Crippen LogP) is 2.00. The molecule has 1 heterocycles. The second-order valence-corrected chi connectivity index (χ2v) is 6.87. The first-order chi connectivity index (χ1) is 7.44. The molecule has 0 aliphatic carbocycles. The van der Waals surface area contributed by atoms with E-state index in [2.05, 4.69) is 26.2 Å². The second kappa shape index (κ2) is 5.63. The molecule has 0 aromatic carbocycles. The third-order valence-corrected chi connectivity index (χ3v) is 4.33. The molecular weight excluding hydrogens is 292 g/mol. The van der Waals surface area contributed by atoms with Gasteiger partial charge in [0.05, 0.1) is 5.75 Å². The third-order valence-electron chi connectivity index (χ3n) is 2.19. The summed E-state index contributed by atoms with van der Waals surface area (Å²) < 4.78 is 23.4. The number of aryl methyl sites for hydroxylation is 1. The van der Waals surface area contributed by atoms with E-state index in [0.29, 0.717) is 6.54 Å². The number of sulfone groups is 1. The summed E-state index contributed by atoms with van der Waals surface area (Å²) in [6.07, 6.45) is 1.68. The maximum Gasteiger partial charge on any atom is 0.151 e. The number of pyridine rings is 1. The molecule has 16 heavy (non-hydrogen) atoms. The lowest BCUT2D eigenvalue weighted by atomic mass is 10.3. The molecule has 0 saturated carbocycles. The SMILES string of the molecule is CCS(=O)(=O)CCNc1ncc(Br)cc1C. The first kappa shape index (κ1) is 13.4. The van der Waals surface area contributed by atoms with E-state index in [9.17, 15) is 8.42 Å². The number of hydrogen-bond acceptors (Lipinski definition) is 4. The minimum absolute atomic E-state index is 0.140. The van der Waals surface area contributed by atoms with Crippen LogP contribution in [0.4, 0.5) is 5.82 Å². The van der Waals surface area contributed by atoms with Crippen LogP contribution in [-0.2, 0) is 9.84 Å². The lowest BCUT2D eigenvalue weighted by Crippen LogP contribution is -2.18. The monoisotopic (exact) mass is 306 g/mol. The van der Waals surface area contributed by atoms with Crippen LogP contribution in [0.1, 0.15) is 12.5 Å². The molecule has 0 unspecified atom stereocenters. The highest BCUT2D eigenvalue weighted by atomic mass is 79.9. The van der Waals surface area contributed by atoms with Crippen LogP contribution in [0.5, 0.6) is 0 Å². The molecule has 4 nitrogen and oxygen atoms in total. The Bertz CT molecular complexity index is 460. The minimum Gasteiger partial charge on any atom is -0.369 e. The second-order valence-electron chi connectivity index (χ2n) is 3.48. The Balaban J connectivity index is 2.56. The van der Waals surface area contributed by atoms with Crippen molar-refractivity contribution in [1.82, 2.24) is 4.98 Å². The Morgan fingerprint density at radius 3 is 2.75 bits per heavy atom. The molecule has 1 aromatic rings. The van der Waals surface area contributed by atoms with Gasteiger partial charge in [-0.15, -0.1) is 0 Å². The molecule has 1 aromatic heterocycles. The van der Waals surface area contributed by atoms with Gasteiger partial charge in [-0.1, -0.05) is 6.92 Å². The number of nitrogens with one attached hydrogen (secondary N) is 1. The standard InChI is InChI=1S/C10H15BrN2O2S/c1-3-16(14,15)5-4-12-10-8(2)6-9(11)7-13-10/h6-7H,3-5H2,1-2H3,(H,12,13). The van der Waals surface area contributed by atoms with Gasteiger partial charge in [0.25, 0.3) is 0 Å². The normalized spacial score (nSPS) is 11.4. The van der Waals surface area contributed by atoms with Crippen molar-refractivity contribution in [3.05, 3.63) is 22.3 Å². The quantitative estimate of drug-likeness (QED) is 0.904. The summed E-state index contributed by atoms with van der Waals surface area (Å²) in [7, 11) is -2.91. The van der Waals surface area contributed by atoms with Crippen LogP contribution in [0.2, 0.25) is 0 Å². The molecule has 0 radical (unpaired) electrons. The molecule has 6 heteroatoms. The van der Waals surface area contributed by atoms with Crippen LogP contribution in [0.15, 0.2) is 16.7 Å². The van der Waals surface area contributed by atoms with E-state index in [0.717, 1.165) is 15.9 Å². The van der Waals surface area contributed by atoms with Gasteiger partial charge in [0.2, 0.25) is 0 Å². The van der Waals surface area contributed by atoms with Crippen molar-refractivity contribution in [2.24, 2.45) is 0 Å². The maximum atomic E-state index is 11.3. The third kappa shape index (κ3) is 4.09. The van der Waals surface area contributed by atoms with Crippen LogP contribution in [-0.4, -0.2) is 31.5 Å². The largest absolute Gasteiger partial charge is 0.369 e. The Morgan fingerprint density at radius 1 is 1.50 bits per heavy atom. The molecule has 0 aliphatic rings. The number of halogens is 1. The van der Waals surface area contributed by atoms with E-state index >= 15 is 0 Å². The van der Waals surface area contributed by atoms with E-state index in [1.165, 1.54) is 0 Å². The van der Waals surface area contributed by atoms with Gasteiger partial charge in [-0.05, 0) is 34.5 Å². The van der Waals surface area contributed by atoms with E-state index < -0.39 is 9.84 Å². The first-order valence-electron chi connectivity index (χ1n) is 5.01. The molecular formula is C10H15BrN2O2S. The average molecular weight is 307 g/mol. The summed E-state index contributed by atoms with van der Waals surface area (Å²) in [4.78, 5) is 4.17. The summed E-state index contributed by atoms with van der Waals surface area (Å²) in [5, 5.41) is 3.02. The van der Waals surface area contributed by atoms with Crippen LogP contribution in [0.25, 0.3) is 0 Å². The van der Waals surface area contributed by atoms with Crippen LogP contribution in [0.3, 0.4) is 0 Å². The highest BCUT2D eigenvalue weighted by Crippen LogP contribution is 2.16. The maximum absolute atomic E-state index is 11.3. The van der Waals surface area contributed by atoms with Gasteiger partial charge in [0.1, 0.15) is 5.82 Å². The van der Waals surface area contributed by atoms with Crippen LogP contribution in [0, 0.1) is 6.92 Å². The van der Waals surface area contributed by atoms with Crippen molar-refractivity contribution in [3.63, 3.8) is 0 Å². The molecule has 0 saturated heterocycles. The van der Waals surface area contributed by atoms with Crippen molar-refractivity contribution < 1.29 is 8.42 Å². The molecule has 0 amide bonds. The number of anilines is 1. The molecule has 0 spiro atoms.